The van der Waals surface area contributed by atoms with Crippen LogP contribution < -0.4 is 11.1 Å². The summed E-state index contributed by atoms with van der Waals surface area (Å²) in [7, 11) is 0. The summed E-state index contributed by atoms with van der Waals surface area (Å²) in [5.41, 5.74) is 10.7. The van der Waals surface area contributed by atoms with Crippen molar-refractivity contribution in [3.05, 3.63) is 72.3 Å². The Bertz CT molecular complexity index is 1520. The lowest BCUT2D eigenvalue weighted by Gasteiger charge is -2.26. The number of anilines is 1. The van der Waals surface area contributed by atoms with Gasteiger partial charge in [0.2, 0.25) is 0 Å². The van der Waals surface area contributed by atoms with Crippen molar-refractivity contribution >= 4 is 33.8 Å². The lowest BCUT2D eigenvalue weighted by atomic mass is 10.1. The summed E-state index contributed by atoms with van der Waals surface area (Å²) >= 11 is 0. The molecular weight excluding hydrogens is 428 g/mol. The number of nitrogen functional groups attached to an aromatic ring is 1. The number of benzene rings is 2. The highest BCUT2D eigenvalue weighted by atomic mass is 16.1. The first kappa shape index (κ1) is 21.4. The highest BCUT2D eigenvalue weighted by molar-refractivity contribution is 5.98. The molecule has 170 valence electrons. The zero-order chi connectivity index (χ0) is 23.9. The minimum Gasteiger partial charge on any atom is -0.383 e. The summed E-state index contributed by atoms with van der Waals surface area (Å²) < 4.78 is 1.79. The number of nitrogens with two attached hydrogens (primary N) is 1. The van der Waals surface area contributed by atoms with Gasteiger partial charge in [0, 0.05) is 12.1 Å². The Morgan fingerprint density at radius 3 is 2.53 bits per heavy atom. The first-order valence-electron chi connectivity index (χ1n) is 10.9. The van der Waals surface area contributed by atoms with E-state index in [-0.39, 0.29) is 18.1 Å². The maximum Gasteiger partial charge on any atom is 0.271 e. The van der Waals surface area contributed by atoms with E-state index in [1.54, 1.807) is 4.68 Å². The van der Waals surface area contributed by atoms with Crippen molar-refractivity contribution in [3.63, 3.8) is 0 Å². The molecule has 0 aliphatic heterocycles. The molecule has 0 fully saturated rings. The second-order valence-corrected chi connectivity index (χ2v) is 8.82. The number of aromatic nitrogens is 6. The molecule has 0 saturated heterocycles. The van der Waals surface area contributed by atoms with Crippen molar-refractivity contribution in [2.75, 3.05) is 12.3 Å². The minimum atomic E-state index is -0.623. The third kappa shape index (κ3) is 3.81. The van der Waals surface area contributed by atoms with Gasteiger partial charge in [-0.05, 0) is 32.9 Å². The normalized spacial score (nSPS) is 11.7. The number of hydrogen-bond donors (Lipinski definition) is 2. The van der Waals surface area contributed by atoms with Gasteiger partial charge in [0.15, 0.2) is 5.65 Å². The molecule has 0 spiro atoms. The minimum absolute atomic E-state index is 0.256. The second kappa shape index (κ2) is 8.18. The Kier molecular flexibility index (Phi) is 5.16. The van der Waals surface area contributed by atoms with E-state index in [9.17, 15) is 4.79 Å². The average molecular weight is 453 g/mol. The number of aryl methyl sites for hydroxylation is 1. The fraction of sp³-hybridized carbons (Fsp3) is 0.200. The summed E-state index contributed by atoms with van der Waals surface area (Å²) in [6.07, 6.45) is 2.91. The molecule has 0 atom stereocenters. The summed E-state index contributed by atoms with van der Waals surface area (Å²) in [4.78, 5) is 30.2. The number of nitrogens with zero attached hydrogens (tertiary/aromatic N) is 6. The SMILES string of the molecule is Cc1ccc(-c2nn(C(C)(C)CNC(=O)c3cnc4ccccc4n3)c3ncnc(N)c23)cc1. The van der Waals surface area contributed by atoms with Crippen LogP contribution in [0.1, 0.15) is 29.9 Å². The molecule has 0 aliphatic carbocycles. The van der Waals surface area contributed by atoms with E-state index in [4.69, 9.17) is 10.8 Å². The molecule has 5 rings (SSSR count). The number of carbonyl (C=O) groups is 1. The van der Waals surface area contributed by atoms with Crippen molar-refractivity contribution in [3.8, 4) is 11.3 Å². The van der Waals surface area contributed by atoms with E-state index in [0.717, 1.165) is 16.6 Å². The van der Waals surface area contributed by atoms with Crippen LogP contribution >= 0.6 is 0 Å². The Balaban J connectivity index is 1.47. The molecule has 0 aliphatic rings. The van der Waals surface area contributed by atoms with Crippen molar-refractivity contribution in [1.29, 1.82) is 0 Å². The Morgan fingerprint density at radius 2 is 1.76 bits per heavy atom. The van der Waals surface area contributed by atoms with Crippen LogP contribution in [0.3, 0.4) is 0 Å². The van der Waals surface area contributed by atoms with Gasteiger partial charge in [0.05, 0.1) is 28.2 Å². The molecule has 9 heteroatoms. The Labute approximate surface area is 196 Å². The summed E-state index contributed by atoms with van der Waals surface area (Å²) in [5.74, 6) is 0.0498. The predicted octanol–water partition coefficient (Wildman–Crippen LogP) is 3.49. The van der Waals surface area contributed by atoms with Gasteiger partial charge in [-0.1, -0.05) is 42.0 Å². The van der Waals surface area contributed by atoms with Gasteiger partial charge in [0.1, 0.15) is 23.5 Å². The maximum absolute atomic E-state index is 12.9. The number of nitrogens with one attached hydrogen (secondary N) is 1. The van der Waals surface area contributed by atoms with Crippen LogP contribution in [0.5, 0.6) is 0 Å². The first-order chi connectivity index (χ1) is 16.3. The fourth-order valence-electron chi connectivity index (χ4n) is 3.84. The van der Waals surface area contributed by atoms with E-state index in [2.05, 4.69) is 25.3 Å². The highest BCUT2D eigenvalue weighted by Gasteiger charge is 2.28. The van der Waals surface area contributed by atoms with Crippen LogP contribution in [-0.2, 0) is 5.54 Å². The van der Waals surface area contributed by atoms with E-state index in [1.807, 2.05) is 69.3 Å². The van der Waals surface area contributed by atoms with Crippen molar-refractivity contribution in [2.45, 2.75) is 26.3 Å². The van der Waals surface area contributed by atoms with Gasteiger partial charge in [-0.15, -0.1) is 0 Å². The number of amides is 1. The van der Waals surface area contributed by atoms with Gasteiger partial charge in [0.25, 0.3) is 5.91 Å². The lowest BCUT2D eigenvalue weighted by Crippen LogP contribution is -2.41. The monoisotopic (exact) mass is 452 g/mol. The highest BCUT2D eigenvalue weighted by Crippen LogP contribution is 2.33. The molecule has 9 nitrogen and oxygen atoms in total. The molecule has 2 aromatic carbocycles. The second-order valence-electron chi connectivity index (χ2n) is 8.82. The summed E-state index contributed by atoms with van der Waals surface area (Å²) in [5, 5.41) is 8.52. The molecule has 3 aromatic heterocycles. The van der Waals surface area contributed by atoms with Crippen LogP contribution in [0.4, 0.5) is 5.82 Å². The number of carbonyl (C=O) groups excluding carboxylic acids is 1. The molecule has 0 radical (unpaired) electrons. The van der Waals surface area contributed by atoms with Crippen LogP contribution in [0, 0.1) is 6.92 Å². The Morgan fingerprint density at radius 1 is 1.03 bits per heavy atom. The zero-order valence-electron chi connectivity index (χ0n) is 19.1. The van der Waals surface area contributed by atoms with Gasteiger partial charge in [-0.2, -0.15) is 5.10 Å². The van der Waals surface area contributed by atoms with Crippen LogP contribution in [0.25, 0.3) is 33.3 Å². The van der Waals surface area contributed by atoms with Crippen LogP contribution in [-0.4, -0.2) is 42.2 Å². The first-order valence-corrected chi connectivity index (χ1v) is 10.9. The van der Waals surface area contributed by atoms with E-state index in [1.165, 1.54) is 12.5 Å². The van der Waals surface area contributed by atoms with Gasteiger partial charge < -0.3 is 11.1 Å². The van der Waals surface area contributed by atoms with E-state index >= 15 is 0 Å². The molecule has 3 N–H and O–H groups in total. The molecule has 0 unspecified atom stereocenters. The quantitative estimate of drug-likeness (QED) is 0.418. The Hall–Kier alpha value is -4.40. The maximum atomic E-state index is 12.9. The largest absolute Gasteiger partial charge is 0.383 e. The van der Waals surface area contributed by atoms with Gasteiger partial charge >= 0.3 is 0 Å². The third-order valence-electron chi connectivity index (χ3n) is 5.76. The third-order valence-corrected chi connectivity index (χ3v) is 5.76. The predicted molar refractivity (Wildman–Crippen MR) is 131 cm³/mol. The van der Waals surface area contributed by atoms with Gasteiger partial charge in [-0.3, -0.25) is 9.78 Å². The topological polar surface area (TPSA) is 124 Å². The van der Waals surface area contributed by atoms with Crippen molar-refractivity contribution in [2.24, 2.45) is 0 Å². The number of para-hydroxylation sites is 2. The molecule has 1 amide bonds. The van der Waals surface area contributed by atoms with Crippen LogP contribution in [0.2, 0.25) is 0 Å². The van der Waals surface area contributed by atoms with Crippen molar-refractivity contribution in [1.82, 2.24) is 35.0 Å². The zero-order valence-corrected chi connectivity index (χ0v) is 19.1. The molecule has 0 saturated carbocycles. The number of rotatable bonds is 5. The molecule has 34 heavy (non-hydrogen) atoms. The molecular formula is C25H24N8O. The fourth-order valence-corrected chi connectivity index (χ4v) is 3.84. The number of hydrogen-bond acceptors (Lipinski definition) is 7. The van der Waals surface area contributed by atoms with E-state index < -0.39 is 5.54 Å². The lowest BCUT2D eigenvalue weighted by molar-refractivity contribution is 0.0931. The van der Waals surface area contributed by atoms with Crippen molar-refractivity contribution < 1.29 is 4.79 Å². The molecule has 5 aromatic rings. The van der Waals surface area contributed by atoms with E-state index in [0.29, 0.717) is 28.1 Å². The standard InChI is InChI=1S/C25H24N8O/c1-15-8-10-16(11-9-15)21-20-22(26)29-14-30-23(20)33(32-21)25(2,3)13-28-24(34)19-12-27-17-6-4-5-7-18(17)31-19/h4-12,14H,13H2,1-3H3,(H,28,34)(H2,26,29,30). The summed E-state index contributed by atoms with van der Waals surface area (Å²) in [6.45, 7) is 6.27. The smallest absolute Gasteiger partial charge is 0.271 e. The van der Waals surface area contributed by atoms with Crippen LogP contribution in [0.15, 0.2) is 61.1 Å². The van der Waals surface area contributed by atoms with Gasteiger partial charge in [-0.25, -0.2) is 19.6 Å². The molecule has 3 heterocycles. The summed E-state index contributed by atoms with van der Waals surface area (Å²) in [6, 6.07) is 15.5. The average Bonchev–Trinajstić information content (AvgIpc) is 3.25. The molecule has 0 bridgehead atoms. The number of fused-ring (bicyclic) bond motifs is 2.